The molecule has 146 valence electrons. The number of thiophene rings is 1. The first kappa shape index (κ1) is 19.2. The topological polar surface area (TPSA) is 87.2 Å². The largest absolute Gasteiger partial charge is 0.370 e. The molecule has 0 aliphatic carbocycles. The third-order valence-electron chi connectivity index (χ3n) is 4.33. The zero-order valence-electron chi connectivity index (χ0n) is 14.8. The highest BCUT2D eigenvalue weighted by Crippen LogP contribution is 2.28. The molecule has 0 bridgehead atoms. The van der Waals surface area contributed by atoms with E-state index in [0.717, 1.165) is 28.3 Å². The van der Waals surface area contributed by atoms with Gasteiger partial charge in [0.05, 0.1) is 15.7 Å². The lowest BCUT2D eigenvalue weighted by atomic mass is 10.3. The standard InChI is InChI=1S/C18H18BrN5O2S2/c19-16-7-8-18(27-16)28(25,26)23-14-5-3-13(4-6-14)21-17-11-15(12-20-22-17)24-9-1-2-10-24/h3-8,11-12,23H,1-2,9-10H2,(H,21,22). The highest BCUT2D eigenvalue weighted by molar-refractivity contribution is 9.11. The van der Waals surface area contributed by atoms with Gasteiger partial charge in [0.15, 0.2) is 5.82 Å². The van der Waals surface area contributed by atoms with Gasteiger partial charge in [-0.15, -0.1) is 16.4 Å². The molecule has 3 aromatic rings. The molecule has 28 heavy (non-hydrogen) atoms. The minimum absolute atomic E-state index is 0.260. The number of anilines is 4. The zero-order valence-corrected chi connectivity index (χ0v) is 18.0. The number of nitrogens with zero attached hydrogens (tertiary/aromatic N) is 3. The fraction of sp³-hybridized carbons (Fsp3) is 0.222. The number of halogens is 1. The first-order valence-corrected chi connectivity index (χ1v) is 11.8. The van der Waals surface area contributed by atoms with E-state index >= 15 is 0 Å². The van der Waals surface area contributed by atoms with Crippen LogP contribution in [-0.4, -0.2) is 31.7 Å². The quantitative estimate of drug-likeness (QED) is 0.543. The van der Waals surface area contributed by atoms with E-state index in [1.54, 1.807) is 42.6 Å². The molecule has 1 aromatic carbocycles. The van der Waals surface area contributed by atoms with Gasteiger partial charge in [-0.25, -0.2) is 8.42 Å². The summed E-state index contributed by atoms with van der Waals surface area (Å²) in [5, 5.41) is 11.4. The molecule has 1 aliphatic heterocycles. The van der Waals surface area contributed by atoms with Gasteiger partial charge in [0.2, 0.25) is 0 Å². The van der Waals surface area contributed by atoms with Crippen molar-refractivity contribution in [3.63, 3.8) is 0 Å². The highest BCUT2D eigenvalue weighted by Gasteiger charge is 2.17. The molecule has 0 amide bonds. The second-order valence-corrected chi connectivity index (χ2v) is 10.7. The molecule has 0 unspecified atom stereocenters. The molecule has 10 heteroatoms. The molecule has 7 nitrogen and oxygen atoms in total. The van der Waals surface area contributed by atoms with Crippen LogP contribution in [0.25, 0.3) is 0 Å². The summed E-state index contributed by atoms with van der Waals surface area (Å²) in [7, 11) is -3.59. The number of rotatable bonds is 6. The summed E-state index contributed by atoms with van der Waals surface area (Å²) >= 11 is 4.45. The van der Waals surface area contributed by atoms with E-state index < -0.39 is 10.0 Å². The summed E-state index contributed by atoms with van der Waals surface area (Å²) in [4.78, 5) is 2.29. The maximum absolute atomic E-state index is 12.4. The third-order valence-corrected chi connectivity index (χ3v) is 7.83. The van der Waals surface area contributed by atoms with Crippen molar-refractivity contribution in [2.45, 2.75) is 17.1 Å². The van der Waals surface area contributed by atoms with E-state index in [1.165, 1.54) is 24.2 Å². The molecular weight excluding hydrogens is 462 g/mol. The molecule has 4 rings (SSSR count). The molecule has 0 radical (unpaired) electrons. The summed E-state index contributed by atoms with van der Waals surface area (Å²) in [5.74, 6) is 0.654. The van der Waals surface area contributed by atoms with E-state index in [2.05, 4.69) is 41.1 Å². The van der Waals surface area contributed by atoms with E-state index in [9.17, 15) is 8.42 Å². The number of hydrogen-bond acceptors (Lipinski definition) is 7. The maximum atomic E-state index is 12.4. The number of benzene rings is 1. The van der Waals surface area contributed by atoms with E-state index in [4.69, 9.17) is 0 Å². The predicted octanol–water partition coefficient (Wildman–Crippen LogP) is 4.45. The van der Waals surface area contributed by atoms with Gasteiger partial charge in [-0.3, -0.25) is 4.72 Å². The van der Waals surface area contributed by atoms with Crippen LogP contribution in [0.5, 0.6) is 0 Å². The molecule has 1 fully saturated rings. The number of hydrogen-bond donors (Lipinski definition) is 2. The van der Waals surface area contributed by atoms with Crippen molar-refractivity contribution >= 4 is 60.2 Å². The third kappa shape index (κ3) is 4.45. The Morgan fingerprint density at radius 3 is 2.43 bits per heavy atom. The van der Waals surface area contributed by atoms with Crippen molar-refractivity contribution in [2.24, 2.45) is 0 Å². The fourth-order valence-corrected chi connectivity index (χ4v) is 6.05. The normalized spacial score (nSPS) is 14.2. The average molecular weight is 480 g/mol. The Kier molecular flexibility index (Phi) is 5.51. The zero-order chi connectivity index (χ0) is 19.6. The first-order valence-electron chi connectivity index (χ1n) is 8.72. The van der Waals surface area contributed by atoms with Gasteiger partial charge in [0.25, 0.3) is 10.0 Å². The molecule has 1 saturated heterocycles. The molecular formula is C18H18BrN5O2S2. The Morgan fingerprint density at radius 2 is 1.75 bits per heavy atom. The van der Waals surface area contributed by atoms with Gasteiger partial charge in [0.1, 0.15) is 4.21 Å². The van der Waals surface area contributed by atoms with Crippen molar-refractivity contribution in [3.05, 3.63) is 52.4 Å². The van der Waals surface area contributed by atoms with Crippen LogP contribution in [0.2, 0.25) is 0 Å². The van der Waals surface area contributed by atoms with E-state index in [-0.39, 0.29) is 4.21 Å². The Labute approximate surface area is 176 Å². The second-order valence-electron chi connectivity index (χ2n) is 6.36. The van der Waals surface area contributed by atoms with Crippen LogP contribution >= 0.6 is 27.3 Å². The predicted molar refractivity (Wildman–Crippen MR) is 116 cm³/mol. The summed E-state index contributed by atoms with van der Waals surface area (Å²) in [6, 6.07) is 12.3. The molecule has 0 spiro atoms. The first-order chi connectivity index (χ1) is 13.5. The van der Waals surface area contributed by atoms with Crippen LogP contribution in [0, 0.1) is 0 Å². The highest BCUT2D eigenvalue weighted by atomic mass is 79.9. The van der Waals surface area contributed by atoms with Crippen molar-refractivity contribution < 1.29 is 8.42 Å². The molecule has 2 aromatic heterocycles. The number of sulfonamides is 1. The molecule has 2 N–H and O–H groups in total. The summed E-state index contributed by atoms with van der Waals surface area (Å²) in [6.07, 6.45) is 4.17. The summed E-state index contributed by atoms with van der Waals surface area (Å²) in [6.45, 7) is 2.08. The van der Waals surface area contributed by atoms with Crippen molar-refractivity contribution in [1.82, 2.24) is 10.2 Å². The monoisotopic (exact) mass is 479 g/mol. The Hall–Kier alpha value is -2.17. The minimum atomic E-state index is -3.59. The summed E-state index contributed by atoms with van der Waals surface area (Å²) in [5.41, 5.74) is 2.35. The molecule has 0 saturated carbocycles. The lowest BCUT2D eigenvalue weighted by molar-refractivity contribution is 0.603. The van der Waals surface area contributed by atoms with Crippen molar-refractivity contribution in [3.8, 4) is 0 Å². The van der Waals surface area contributed by atoms with E-state index in [0.29, 0.717) is 11.5 Å². The second kappa shape index (κ2) is 8.06. The van der Waals surface area contributed by atoms with Gasteiger partial charge < -0.3 is 10.2 Å². The average Bonchev–Trinajstić information content (AvgIpc) is 3.35. The van der Waals surface area contributed by atoms with Gasteiger partial charge in [0, 0.05) is 30.5 Å². The molecule has 1 aliphatic rings. The lowest BCUT2D eigenvalue weighted by Crippen LogP contribution is -2.18. The van der Waals surface area contributed by atoms with Crippen LogP contribution in [0.15, 0.2) is 56.7 Å². The van der Waals surface area contributed by atoms with Crippen LogP contribution in [0.4, 0.5) is 22.9 Å². The Morgan fingerprint density at radius 1 is 1.04 bits per heavy atom. The van der Waals surface area contributed by atoms with Gasteiger partial charge in [-0.1, -0.05) is 0 Å². The van der Waals surface area contributed by atoms with Crippen LogP contribution in [0.1, 0.15) is 12.8 Å². The fourth-order valence-electron chi connectivity index (χ4n) is 2.98. The minimum Gasteiger partial charge on any atom is -0.370 e. The molecule has 3 heterocycles. The number of nitrogens with one attached hydrogen (secondary N) is 2. The number of aromatic nitrogens is 2. The van der Waals surface area contributed by atoms with Crippen LogP contribution < -0.4 is 14.9 Å². The molecule has 0 atom stereocenters. The van der Waals surface area contributed by atoms with Crippen LogP contribution in [-0.2, 0) is 10.0 Å². The van der Waals surface area contributed by atoms with Crippen molar-refractivity contribution in [2.75, 3.05) is 28.0 Å². The lowest BCUT2D eigenvalue weighted by Gasteiger charge is -2.17. The smallest absolute Gasteiger partial charge is 0.271 e. The maximum Gasteiger partial charge on any atom is 0.271 e. The van der Waals surface area contributed by atoms with Gasteiger partial charge in [-0.2, -0.15) is 5.10 Å². The Balaban J connectivity index is 1.44. The Bertz CT molecular complexity index is 1060. The van der Waals surface area contributed by atoms with Crippen LogP contribution in [0.3, 0.4) is 0 Å². The SMILES string of the molecule is O=S(=O)(Nc1ccc(Nc2cc(N3CCCC3)cnn2)cc1)c1ccc(Br)s1. The van der Waals surface area contributed by atoms with E-state index in [1.807, 2.05) is 6.07 Å². The van der Waals surface area contributed by atoms with Gasteiger partial charge >= 0.3 is 0 Å². The summed E-state index contributed by atoms with van der Waals surface area (Å²) < 4.78 is 28.4. The van der Waals surface area contributed by atoms with Gasteiger partial charge in [-0.05, 0) is 65.2 Å². The van der Waals surface area contributed by atoms with Crippen molar-refractivity contribution in [1.29, 1.82) is 0 Å².